The lowest BCUT2D eigenvalue weighted by Gasteiger charge is -2.44. The Hall–Kier alpha value is -4.09. The fraction of sp³-hybridized carbons (Fsp3) is 0.393. The number of nitrogens with two attached hydrogens (primary N) is 1. The predicted octanol–water partition coefficient (Wildman–Crippen LogP) is 2.79. The second-order valence-corrected chi connectivity index (χ2v) is 10.6. The Labute approximate surface area is 227 Å². The molecule has 0 radical (unpaired) electrons. The van der Waals surface area contributed by atoms with Gasteiger partial charge in [-0.05, 0) is 44.9 Å². The van der Waals surface area contributed by atoms with Gasteiger partial charge in [0.05, 0.1) is 5.52 Å². The number of alkyl carbamates (subject to hydrolysis) is 1. The van der Waals surface area contributed by atoms with E-state index in [-0.39, 0.29) is 19.8 Å². The highest BCUT2D eigenvalue weighted by atomic mass is 16.6. The number of ether oxygens (including phenoxy) is 3. The average Bonchev–Trinajstić information content (AvgIpc) is 3.26. The Balaban J connectivity index is 1.71. The molecule has 11 heteroatoms. The summed E-state index contributed by atoms with van der Waals surface area (Å²) in [6.45, 7) is 6.40. The molecule has 1 aliphatic heterocycles. The number of benzene rings is 2. The average molecular weight is 538 g/mol. The highest BCUT2D eigenvalue weighted by Crippen LogP contribution is 2.27. The van der Waals surface area contributed by atoms with Gasteiger partial charge in [-0.25, -0.2) is 19.4 Å². The summed E-state index contributed by atoms with van der Waals surface area (Å²) >= 11 is 0. The van der Waals surface area contributed by atoms with Crippen LogP contribution in [-0.2, 0) is 36.8 Å². The van der Waals surface area contributed by atoms with Gasteiger partial charge in [0.15, 0.2) is 6.73 Å². The van der Waals surface area contributed by atoms with E-state index in [4.69, 9.17) is 19.9 Å². The zero-order valence-electron chi connectivity index (χ0n) is 22.8. The van der Waals surface area contributed by atoms with Crippen molar-refractivity contribution in [3.05, 3.63) is 71.9 Å². The molecule has 0 saturated carbocycles. The van der Waals surface area contributed by atoms with Crippen LogP contribution in [0.5, 0.6) is 0 Å². The predicted molar refractivity (Wildman–Crippen MR) is 145 cm³/mol. The summed E-state index contributed by atoms with van der Waals surface area (Å²) in [7, 11) is 1.58. The first kappa shape index (κ1) is 27.9. The minimum Gasteiger partial charge on any atom is -0.457 e. The molecule has 4 rings (SSSR count). The van der Waals surface area contributed by atoms with E-state index in [1.54, 1.807) is 32.5 Å². The van der Waals surface area contributed by atoms with Crippen LogP contribution in [0.2, 0.25) is 0 Å². The largest absolute Gasteiger partial charge is 0.457 e. The van der Waals surface area contributed by atoms with Crippen molar-refractivity contribution in [2.24, 2.45) is 5.73 Å². The van der Waals surface area contributed by atoms with Gasteiger partial charge in [0.1, 0.15) is 18.2 Å². The van der Waals surface area contributed by atoms with Gasteiger partial charge >= 0.3 is 18.0 Å². The molecule has 3 aromatic rings. The molecule has 2 atom stereocenters. The van der Waals surface area contributed by atoms with Crippen molar-refractivity contribution in [2.75, 3.05) is 18.9 Å². The van der Waals surface area contributed by atoms with Gasteiger partial charge in [0.2, 0.25) is 5.66 Å². The van der Waals surface area contributed by atoms with E-state index in [1.807, 2.05) is 60.8 Å². The molecule has 39 heavy (non-hydrogen) atoms. The number of hydrazine groups is 1. The number of hydrogen-bond donors (Lipinski definition) is 2. The van der Waals surface area contributed by atoms with Crippen LogP contribution < -0.4 is 16.2 Å². The van der Waals surface area contributed by atoms with E-state index >= 15 is 0 Å². The van der Waals surface area contributed by atoms with Gasteiger partial charge in [-0.15, -0.1) is 0 Å². The van der Waals surface area contributed by atoms with Crippen molar-refractivity contribution in [3.63, 3.8) is 0 Å². The summed E-state index contributed by atoms with van der Waals surface area (Å²) < 4.78 is 18.4. The van der Waals surface area contributed by atoms with Crippen LogP contribution in [0.4, 0.5) is 4.79 Å². The fourth-order valence-corrected chi connectivity index (χ4v) is 4.26. The number of esters is 2. The van der Waals surface area contributed by atoms with E-state index < -0.39 is 35.3 Å². The maximum atomic E-state index is 13.6. The first-order chi connectivity index (χ1) is 18.4. The van der Waals surface area contributed by atoms with Crippen molar-refractivity contribution >= 4 is 28.9 Å². The first-order valence-corrected chi connectivity index (χ1v) is 12.6. The lowest BCUT2D eigenvalue weighted by molar-refractivity contribution is -0.173. The molecule has 1 aliphatic rings. The molecule has 0 fully saturated rings. The third kappa shape index (κ3) is 6.15. The third-order valence-electron chi connectivity index (χ3n) is 6.44. The Bertz CT molecular complexity index is 1350. The number of cyclic esters (lactones) is 1. The highest BCUT2D eigenvalue weighted by Gasteiger charge is 2.46. The van der Waals surface area contributed by atoms with E-state index in [0.717, 1.165) is 22.0 Å². The molecular formula is C28H35N5O6. The van der Waals surface area contributed by atoms with Crippen molar-refractivity contribution in [3.8, 4) is 0 Å². The second-order valence-electron chi connectivity index (χ2n) is 10.6. The van der Waals surface area contributed by atoms with Gasteiger partial charge in [0.25, 0.3) is 0 Å². The van der Waals surface area contributed by atoms with Crippen LogP contribution in [0.25, 0.3) is 10.9 Å². The molecule has 2 unspecified atom stereocenters. The fourth-order valence-electron chi connectivity index (χ4n) is 4.26. The third-order valence-corrected chi connectivity index (χ3v) is 6.44. The van der Waals surface area contributed by atoms with Gasteiger partial charge in [0, 0.05) is 25.1 Å². The summed E-state index contributed by atoms with van der Waals surface area (Å²) in [5, 5.41) is 6.55. The molecule has 0 aliphatic carbocycles. The Kier molecular flexibility index (Phi) is 7.84. The minimum absolute atomic E-state index is 0.00556. The highest BCUT2D eigenvalue weighted by molar-refractivity contribution is 5.87. The molecule has 1 aromatic heterocycles. The standard InChI is InChI=1S/C28H35N5O6/c1-27(2,3)39-25(35)28(4,30-26(36)37-17-19-11-7-6-8-12-19)31(5)33-18-38-24(34)22(29)15-20-16-32(33)23-14-10-9-13-21(20)23/h6-14,16,22H,15,17-18,29H2,1-5H3,(H,30,36). The summed E-state index contributed by atoms with van der Waals surface area (Å²) in [5.41, 5.74) is 5.90. The molecule has 208 valence electrons. The summed E-state index contributed by atoms with van der Waals surface area (Å²) in [5.74, 6) is -1.33. The van der Waals surface area contributed by atoms with Crippen LogP contribution in [0.15, 0.2) is 60.8 Å². The number of fused-ring (bicyclic) bond motifs is 5. The normalized spacial score (nSPS) is 17.5. The zero-order chi connectivity index (χ0) is 28.4. The SMILES string of the molecule is CN(N1COC(=O)C(N)Cc2cn1c1ccccc21)C(C)(NC(=O)OCc1ccccc1)C(=O)OC(C)(C)C. The van der Waals surface area contributed by atoms with Crippen molar-refractivity contribution < 1.29 is 28.6 Å². The number of aromatic nitrogens is 1. The molecule has 2 bridgehead atoms. The molecule has 11 nitrogen and oxygen atoms in total. The number of para-hydroxylation sites is 1. The Morgan fingerprint density at radius 1 is 1.10 bits per heavy atom. The van der Waals surface area contributed by atoms with Crippen molar-refractivity contribution in [2.45, 2.75) is 58.0 Å². The number of carbonyl (C=O) groups excluding carboxylic acids is 3. The number of nitrogens with one attached hydrogen (secondary N) is 1. The second kappa shape index (κ2) is 11.0. The van der Waals surface area contributed by atoms with Gasteiger partial charge in [-0.2, -0.15) is 5.01 Å². The molecule has 1 amide bonds. The van der Waals surface area contributed by atoms with E-state index in [1.165, 1.54) is 17.1 Å². The molecule has 3 N–H and O–H groups in total. The number of hydrogen-bond acceptors (Lipinski definition) is 9. The molecule has 2 aromatic carbocycles. The van der Waals surface area contributed by atoms with Crippen molar-refractivity contribution in [1.82, 2.24) is 15.0 Å². The summed E-state index contributed by atoms with van der Waals surface area (Å²) in [4.78, 5) is 39.3. The van der Waals surface area contributed by atoms with Crippen LogP contribution in [0.1, 0.15) is 38.8 Å². The smallest absolute Gasteiger partial charge is 0.409 e. The Morgan fingerprint density at radius 3 is 2.46 bits per heavy atom. The van der Waals surface area contributed by atoms with E-state index in [0.29, 0.717) is 0 Å². The van der Waals surface area contributed by atoms with E-state index in [9.17, 15) is 14.4 Å². The summed E-state index contributed by atoms with van der Waals surface area (Å²) in [6.07, 6.45) is 1.28. The molecule has 2 heterocycles. The number of rotatable bonds is 6. The number of likely N-dealkylation sites (N-methyl/N-ethyl adjacent to an activating group) is 1. The van der Waals surface area contributed by atoms with E-state index in [2.05, 4.69) is 5.32 Å². The topological polar surface area (TPSA) is 128 Å². The summed E-state index contributed by atoms with van der Waals surface area (Å²) in [6, 6.07) is 15.9. The van der Waals surface area contributed by atoms with Crippen LogP contribution in [0.3, 0.4) is 0 Å². The molecule has 0 spiro atoms. The molecular weight excluding hydrogens is 502 g/mol. The van der Waals surface area contributed by atoms with Gasteiger partial charge < -0.3 is 19.9 Å². The first-order valence-electron chi connectivity index (χ1n) is 12.6. The molecule has 0 saturated heterocycles. The van der Waals surface area contributed by atoms with Gasteiger partial charge in [-0.1, -0.05) is 48.5 Å². The number of nitrogens with zero attached hydrogens (tertiary/aromatic N) is 3. The number of carbonyl (C=O) groups is 3. The van der Waals surface area contributed by atoms with Crippen LogP contribution in [-0.4, -0.2) is 58.8 Å². The van der Waals surface area contributed by atoms with Crippen LogP contribution in [0, 0.1) is 0 Å². The van der Waals surface area contributed by atoms with Gasteiger partial charge in [-0.3, -0.25) is 10.1 Å². The van der Waals surface area contributed by atoms with Crippen molar-refractivity contribution in [1.29, 1.82) is 0 Å². The number of amides is 1. The lowest BCUT2D eigenvalue weighted by Crippen LogP contribution is -2.70. The lowest BCUT2D eigenvalue weighted by atomic mass is 10.1. The maximum Gasteiger partial charge on any atom is 0.409 e. The Morgan fingerprint density at radius 2 is 1.77 bits per heavy atom. The zero-order valence-corrected chi connectivity index (χ0v) is 22.8. The quantitative estimate of drug-likeness (QED) is 0.277. The van der Waals surface area contributed by atoms with Crippen LogP contribution >= 0.6 is 0 Å². The maximum absolute atomic E-state index is 13.6. The monoisotopic (exact) mass is 537 g/mol. The minimum atomic E-state index is -1.78.